The van der Waals surface area contributed by atoms with Crippen LogP contribution >= 0.6 is 0 Å². The second-order valence-electron chi connectivity index (χ2n) is 5.60. The van der Waals surface area contributed by atoms with Crippen LogP contribution < -0.4 is 10.2 Å². The van der Waals surface area contributed by atoms with Gasteiger partial charge in [0, 0.05) is 12.6 Å². The first-order valence-electron chi connectivity index (χ1n) is 7.39. The number of piperidine rings is 1. The number of likely N-dealkylation sites (N-methyl/N-ethyl adjacent to an activating group) is 1. The number of hydrogen-bond donors (Lipinski definition) is 2. The zero-order valence-electron chi connectivity index (χ0n) is 12.5. The molecule has 110 valence electrons. The Hall–Kier alpha value is -1.55. The van der Waals surface area contributed by atoms with Gasteiger partial charge in [-0.25, -0.2) is 0 Å². The van der Waals surface area contributed by atoms with Gasteiger partial charge in [0.25, 0.3) is 0 Å². The Labute approximate surface area is 120 Å². The molecule has 1 aromatic carbocycles. The maximum atomic E-state index is 12.8. The number of carbonyl (C=O) groups excluding carboxylic acids is 1. The monoisotopic (exact) mass is 276 g/mol. The molecule has 1 fully saturated rings. The van der Waals surface area contributed by atoms with Crippen molar-refractivity contribution in [3.63, 3.8) is 0 Å². The fourth-order valence-electron chi connectivity index (χ4n) is 2.88. The van der Waals surface area contributed by atoms with Crippen LogP contribution in [-0.4, -0.2) is 30.1 Å². The standard InChI is InChI=1S/C16H24N2O2/c1-4-18(14-10-13(19)8-7-11(14)2)16(20)15-12(3)6-5-9-17-15/h7-8,10,12,15,17,19H,4-6,9H2,1-3H3. The highest BCUT2D eigenvalue weighted by Gasteiger charge is 2.31. The Kier molecular flexibility index (Phi) is 4.65. The first-order valence-corrected chi connectivity index (χ1v) is 7.39. The third-order valence-corrected chi connectivity index (χ3v) is 4.10. The Morgan fingerprint density at radius 1 is 1.50 bits per heavy atom. The lowest BCUT2D eigenvalue weighted by atomic mass is 9.91. The number of phenolic OH excluding ortho intramolecular Hbond substituents is 1. The molecule has 4 heteroatoms. The Morgan fingerprint density at radius 2 is 2.25 bits per heavy atom. The summed E-state index contributed by atoms with van der Waals surface area (Å²) in [6.07, 6.45) is 2.21. The number of nitrogens with one attached hydrogen (secondary N) is 1. The predicted molar refractivity (Wildman–Crippen MR) is 81.1 cm³/mol. The lowest BCUT2D eigenvalue weighted by Gasteiger charge is -2.34. The van der Waals surface area contributed by atoms with Crippen molar-refractivity contribution >= 4 is 11.6 Å². The minimum atomic E-state index is -0.120. The molecule has 1 saturated heterocycles. The lowest BCUT2D eigenvalue weighted by Crippen LogP contribution is -2.52. The van der Waals surface area contributed by atoms with Crippen molar-refractivity contribution in [3.05, 3.63) is 23.8 Å². The largest absolute Gasteiger partial charge is 0.508 e. The van der Waals surface area contributed by atoms with Gasteiger partial charge in [0.05, 0.1) is 11.7 Å². The number of aryl methyl sites for hydroxylation is 1. The van der Waals surface area contributed by atoms with Gasteiger partial charge in [-0.15, -0.1) is 0 Å². The van der Waals surface area contributed by atoms with Crippen molar-refractivity contribution in [2.24, 2.45) is 5.92 Å². The maximum Gasteiger partial charge on any atom is 0.244 e. The molecule has 0 saturated carbocycles. The number of hydrogen-bond acceptors (Lipinski definition) is 3. The van der Waals surface area contributed by atoms with Crippen LogP contribution in [0, 0.1) is 12.8 Å². The van der Waals surface area contributed by atoms with Crippen LogP contribution in [0.4, 0.5) is 5.69 Å². The summed E-state index contributed by atoms with van der Waals surface area (Å²) in [6.45, 7) is 7.56. The van der Waals surface area contributed by atoms with Crippen LogP contribution in [0.15, 0.2) is 18.2 Å². The van der Waals surface area contributed by atoms with E-state index in [9.17, 15) is 9.90 Å². The second-order valence-corrected chi connectivity index (χ2v) is 5.60. The van der Waals surface area contributed by atoms with Crippen molar-refractivity contribution < 1.29 is 9.90 Å². The molecule has 2 atom stereocenters. The van der Waals surface area contributed by atoms with Crippen molar-refractivity contribution in [2.75, 3.05) is 18.0 Å². The lowest BCUT2D eigenvalue weighted by molar-refractivity contribution is -0.122. The molecule has 2 N–H and O–H groups in total. The number of carbonyl (C=O) groups is 1. The molecule has 0 bridgehead atoms. The molecule has 0 radical (unpaired) electrons. The summed E-state index contributed by atoms with van der Waals surface area (Å²) in [6, 6.07) is 5.05. The van der Waals surface area contributed by atoms with E-state index in [0.29, 0.717) is 12.5 Å². The Bertz CT molecular complexity index is 487. The highest BCUT2D eigenvalue weighted by molar-refractivity contribution is 5.98. The van der Waals surface area contributed by atoms with Crippen LogP contribution in [-0.2, 0) is 4.79 Å². The predicted octanol–water partition coefficient (Wildman–Crippen LogP) is 2.44. The number of rotatable bonds is 3. The number of aromatic hydroxyl groups is 1. The fraction of sp³-hybridized carbons (Fsp3) is 0.562. The molecule has 1 aliphatic heterocycles. The van der Waals surface area contributed by atoms with Crippen LogP contribution in [0.2, 0.25) is 0 Å². The first kappa shape index (κ1) is 14.9. The summed E-state index contributed by atoms with van der Waals surface area (Å²) in [4.78, 5) is 14.6. The van der Waals surface area contributed by atoms with Crippen molar-refractivity contribution in [3.8, 4) is 5.75 Å². The molecule has 1 amide bonds. The summed E-state index contributed by atoms with van der Waals surface area (Å²) in [7, 11) is 0. The van der Waals surface area contributed by atoms with Crippen molar-refractivity contribution in [1.82, 2.24) is 5.32 Å². The highest BCUT2D eigenvalue weighted by Crippen LogP contribution is 2.27. The van der Waals surface area contributed by atoms with E-state index < -0.39 is 0 Å². The Balaban J connectivity index is 2.27. The molecular weight excluding hydrogens is 252 g/mol. The summed E-state index contributed by atoms with van der Waals surface area (Å²) in [5.41, 5.74) is 1.80. The number of phenols is 1. The van der Waals surface area contributed by atoms with Crippen molar-refractivity contribution in [1.29, 1.82) is 0 Å². The molecule has 0 aliphatic carbocycles. The third-order valence-electron chi connectivity index (χ3n) is 4.10. The minimum Gasteiger partial charge on any atom is -0.508 e. The van der Waals surface area contributed by atoms with E-state index in [1.807, 2.05) is 19.9 Å². The first-order chi connectivity index (χ1) is 9.54. The summed E-state index contributed by atoms with van der Waals surface area (Å²) >= 11 is 0. The highest BCUT2D eigenvalue weighted by atomic mass is 16.3. The topological polar surface area (TPSA) is 52.6 Å². The van der Waals surface area contributed by atoms with Crippen LogP contribution in [0.5, 0.6) is 5.75 Å². The number of anilines is 1. The molecule has 2 rings (SSSR count). The number of amides is 1. The van der Waals surface area contributed by atoms with E-state index in [-0.39, 0.29) is 17.7 Å². The van der Waals surface area contributed by atoms with E-state index >= 15 is 0 Å². The van der Waals surface area contributed by atoms with Gasteiger partial charge in [0.15, 0.2) is 0 Å². The second kappa shape index (κ2) is 6.27. The smallest absolute Gasteiger partial charge is 0.244 e. The number of benzene rings is 1. The van der Waals surface area contributed by atoms with Gasteiger partial charge in [-0.05, 0) is 50.8 Å². The van der Waals surface area contributed by atoms with Gasteiger partial charge in [0.2, 0.25) is 5.91 Å². The van der Waals surface area contributed by atoms with E-state index in [1.165, 1.54) is 0 Å². The van der Waals surface area contributed by atoms with Gasteiger partial charge >= 0.3 is 0 Å². The molecular formula is C16H24N2O2. The molecule has 2 unspecified atom stereocenters. The van der Waals surface area contributed by atoms with Gasteiger partial charge in [-0.3, -0.25) is 4.79 Å². The molecule has 4 nitrogen and oxygen atoms in total. The Morgan fingerprint density at radius 3 is 2.90 bits per heavy atom. The molecule has 0 spiro atoms. The quantitative estimate of drug-likeness (QED) is 0.891. The zero-order chi connectivity index (χ0) is 14.7. The van der Waals surface area contributed by atoms with E-state index in [4.69, 9.17) is 0 Å². The fourth-order valence-corrected chi connectivity index (χ4v) is 2.88. The summed E-state index contributed by atoms with van der Waals surface area (Å²) < 4.78 is 0. The SMILES string of the molecule is CCN(C(=O)C1NCCCC1C)c1cc(O)ccc1C. The van der Waals surface area contributed by atoms with E-state index in [1.54, 1.807) is 17.0 Å². The molecule has 1 heterocycles. The van der Waals surface area contributed by atoms with Gasteiger partial charge in [0.1, 0.15) is 5.75 Å². The molecule has 0 aromatic heterocycles. The average molecular weight is 276 g/mol. The van der Waals surface area contributed by atoms with E-state index in [2.05, 4.69) is 12.2 Å². The normalized spacial score (nSPS) is 22.6. The third kappa shape index (κ3) is 2.96. The molecule has 1 aliphatic rings. The summed E-state index contributed by atoms with van der Waals surface area (Å²) in [5.74, 6) is 0.651. The minimum absolute atomic E-state index is 0.105. The molecule has 1 aromatic rings. The van der Waals surface area contributed by atoms with Gasteiger partial charge in [-0.1, -0.05) is 13.0 Å². The zero-order valence-corrected chi connectivity index (χ0v) is 12.5. The van der Waals surface area contributed by atoms with Gasteiger partial charge < -0.3 is 15.3 Å². The van der Waals surface area contributed by atoms with E-state index in [0.717, 1.165) is 30.6 Å². The average Bonchev–Trinajstić information content (AvgIpc) is 2.44. The number of nitrogens with zero attached hydrogens (tertiary/aromatic N) is 1. The van der Waals surface area contributed by atoms with Crippen molar-refractivity contribution in [2.45, 2.75) is 39.7 Å². The van der Waals surface area contributed by atoms with Crippen LogP contribution in [0.3, 0.4) is 0 Å². The molecule has 20 heavy (non-hydrogen) atoms. The van der Waals surface area contributed by atoms with Crippen LogP contribution in [0.25, 0.3) is 0 Å². The van der Waals surface area contributed by atoms with Gasteiger partial charge in [-0.2, -0.15) is 0 Å². The summed E-state index contributed by atoms with van der Waals surface area (Å²) in [5, 5.41) is 13.0. The van der Waals surface area contributed by atoms with Crippen LogP contribution in [0.1, 0.15) is 32.3 Å². The maximum absolute atomic E-state index is 12.8.